The van der Waals surface area contributed by atoms with Crippen LogP contribution < -0.4 is 11.1 Å². The van der Waals surface area contributed by atoms with Gasteiger partial charge >= 0.3 is 0 Å². The van der Waals surface area contributed by atoms with Gasteiger partial charge in [-0.25, -0.2) is 0 Å². The predicted octanol–water partition coefficient (Wildman–Crippen LogP) is 3.10. The minimum absolute atomic E-state index is 0.514. The molecule has 0 saturated heterocycles. The fourth-order valence-corrected chi connectivity index (χ4v) is 1.98. The molecular formula is C16H17N3. The van der Waals surface area contributed by atoms with Gasteiger partial charge in [0.25, 0.3) is 0 Å². The Kier molecular flexibility index (Phi) is 4.04. The third-order valence-corrected chi connectivity index (χ3v) is 3.00. The van der Waals surface area contributed by atoms with Crippen LogP contribution in [0.15, 0.2) is 42.5 Å². The molecule has 3 nitrogen and oxygen atoms in total. The average molecular weight is 251 g/mol. The Morgan fingerprint density at radius 1 is 1.21 bits per heavy atom. The second-order valence-electron chi connectivity index (χ2n) is 4.58. The number of nitrogens with two attached hydrogens (primary N) is 1. The monoisotopic (exact) mass is 251 g/mol. The maximum absolute atomic E-state index is 8.92. The predicted molar refractivity (Wildman–Crippen MR) is 78.9 cm³/mol. The molecule has 2 aromatic carbocycles. The lowest BCUT2D eigenvalue weighted by molar-refractivity contribution is 1.02. The number of benzene rings is 2. The summed E-state index contributed by atoms with van der Waals surface area (Å²) in [5, 5.41) is 12.2. The summed E-state index contributed by atoms with van der Waals surface area (Å²) in [7, 11) is 0. The molecule has 0 aliphatic carbocycles. The van der Waals surface area contributed by atoms with Crippen LogP contribution in [0, 0.1) is 18.3 Å². The van der Waals surface area contributed by atoms with E-state index < -0.39 is 0 Å². The number of nitriles is 1. The van der Waals surface area contributed by atoms with Crippen LogP contribution in [-0.2, 0) is 6.42 Å². The molecule has 3 N–H and O–H groups in total. The van der Waals surface area contributed by atoms with Crippen LogP contribution in [0.25, 0.3) is 0 Å². The number of hydrogen-bond acceptors (Lipinski definition) is 3. The number of nitrogens with one attached hydrogen (secondary N) is 1. The smallest absolute Gasteiger partial charge is 0.101 e. The molecule has 96 valence electrons. The van der Waals surface area contributed by atoms with Crippen molar-refractivity contribution in [2.75, 3.05) is 17.6 Å². The average Bonchev–Trinajstić information content (AvgIpc) is 2.41. The van der Waals surface area contributed by atoms with E-state index in [2.05, 4.69) is 42.6 Å². The maximum Gasteiger partial charge on any atom is 0.101 e. The van der Waals surface area contributed by atoms with Crippen LogP contribution in [0.1, 0.15) is 16.7 Å². The van der Waals surface area contributed by atoms with Crippen LogP contribution >= 0.6 is 0 Å². The van der Waals surface area contributed by atoms with Crippen molar-refractivity contribution in [3.8, 4) is 6.07 Å². The van der Waals surface area contributed by atoms with Crippen LogP contribution in [0.3, 0.4) is 0 Å². The van der Waals surface area contributed by atoms with Crippen molar-refractivity contribution in [3.05, 3.63) is 59.2 Å². The van der Waals surface area contributed by atoms with Gasteiger partial charge < -0.3 is 11.1 Å². The number of aryl methyl sites for hydroxylation is 1. The van der Waals surface area contributed by atoms with Crippen molar-refractivity contribution in [3.63, 3.8) is 0 Å². The Bertz CT molecular complexity index is 612. The molecule has 0 aliphatic heterocycles. The highest BCUT2D eigenvalue weighted by Gasteiger charge is 2.00. The number of nitrogens with zero attached hydrogens (tertiary/aromatic N) is 1. The topological polar surface area (TPSA) is 61.8 Å². The molecule has 0 fully saturated rings. The van der Waals surface area contributed by atoms with Gasteiger partial charge in [-0.15, -0.1) is 0 Å². The zero-order valence-corrected chi connectivity index (χ0v) is 11.0. The van der Waals surface area contributed by atoms with E-state index in [1.165, 1.54) is 11.1 Å². The van der Waals surface area contributed by atoms with Crippen molar-refractivity contribution < 1.29 is 0 Å². The van der Waals surface area contributed by atoms with Gasteiger partial charge in [-0.05, 0) is 37.1 Å². The summed E-state index contributed by atoms with van der Waals surface area (Å²) in [5.41, 5.74) is 10.2. The van der Waals surface area contributed by atoms with Gasteiger partial charge in [0.05, 0.1) is 5.56 Å². The van der Waals surface area contributed by atoms with E-state index in [4.69, 9.17) is 11.0 Å². The van der Waals surface area contributed by atoms with Crippen LogP contribution in [0.2, 0.25) is 0 Å². The summed E-state index contributed by atoms with van der Waals surface area (Å²) >= 11 is 0. The summed E-state index contributed by atoms with van der Waals surface area (Å²) in [6.07, 6.45) is 0.952. The molecule has 0 amide bonds. The molecule has 2 aromatic rings. The lowest BCUT2D eigenvalue weighted by Gasteiger charge is -2.08. The second-order valence-corrected chi connectivity index (χ2v) is 4.58. The normalized spacial score (nSPS) is 9.89. The molecule has 0 spiro atoms. The van der Waals surface area contributed by atoms with Gasteiger partial charge in [0.2, 0.25) is 0 Å². The molecule has 0 atom stereocenters. The van der Waals surface area contributed by atoms with Crippen molar-refractivity contribution in [1.82, 2.24) is 0 Å². The Morgan fingerprint density at radius 2 is 2.05 bits per heavy atom. The van der Waals surface area contributed by atoms with Gasteiger partial charge in [-0.1, -0.05) is 29.8 Å². The Morgan fingerprint density at radius 3 is 2.79 bits per heavy atom. The fourth-order valence-electron chi connectivity index (χ4n) is 1.98. The van der Waals surface area contributed by atoms with E-state index in [-0.39, 0.29) is 0 Å². The van der Waals surface area contributed by atoms with Crippen LogP contribution in [-0.4, -0.2) is 6.54 Å². The van der Waals surface area contributed by atoms with Gasteiger partial charge in [-0.2, -0.15) is 5.26 Å². The van der Waals surface area contributed by atoms with Gasteiger partial charge in [0.15, 0.2) is 0 Å². The maximum atomic E-state index is 8.92. The lowest BCUT2D eigenvalue weighted by Crippen LogP contribution is -2.05. The molecule has 0 radical (unpaired) electrons. The molecule has 0 unspecified atom stereocenters. The van der Waals surface area contributed by atoms with Crippen molar-refractivity contribution in [2.24, 2.45) is 0 Å². The number of hydrogen-bond donors (Lipinski definition) is 2. The Labute approximate surface area is 113 Å². The van der Waals surface area contributed by atoms with Gasteiger partial charge in [-0.3, -0.25) is 0 Å². The Balaban J connectivity index is 1.95. The zero-order valence-electron chi connectivity index (χ0n) is 11.0. The highest BCUT2D eigenvalue weighted by molar-refractivity contribution is 5.61. The van der Waals surface area contributed by atoms with E-state index in [9.17, 15) is 0 Å². The van der Waals surface area contributed by atoms with Crippen LogP contribution in [0.5, 0.6) is 0 Å². The third-order valence-electron chi connectivity index (χ3n) is 3.00. The number of anilines is 2. The van der Waals surface area contributed by atoms with E-state index in [0.29, 0.717) is 11.3 Å². The van der Waals surface area contributed by atoms with Gasteiger partial charge in [0, 0.05) is 17.9 Å². The minimum atomic E-state index is 0.514. The summed E-state index contributed by atoms with van der Waals surface area (Å²) < 4.78 is 0. The largest absolute Gasteiger partial charge is 0.398 e. The standard InChI is InChI=1S/C16H17N3/c1-12-3-2-4-13(9-12)7-8-19-15-5-6-16(18)14(10-15)11-17/h2-6,9-10,19H,7-8,18H2,1H3. The first kappa shape index (κ1) is 13.0. The summed E-state index contributed by atoms with van der Waals surface area (Å²) in [5.74, 6) is 0. The van der Waals surface area contributed by atoms with Crippen molar-refractivity contribution in [1.29, 1.82) is 5.26 Å². The molecule has 0 heterocycles. The van der Waals surface area contributed by atoms with Crippen molar-refractivity contribution >= 4 is 11.4 Å². The third kappa shape index (κ3) is 3.49. The SMILES string of the molecule is Cc1cccc(CCNc2ccc(N)c(C#N)c2)c1. The number of nitrogen functional groups attached to an aromatic ring is 1. The van der Waals surface area contributed by atoms with E-state index >= 15 is 0 Å². The van der Waals surface area contributed by atoms with Crippen LogP contribution in [0.4, 0.5) is 11.4 Å². The molecule has 0 aliphatic rings. The fraction of sp³-hybridized carbons (Fsp3) is 0.188. The second kappa shape index (κ2) is 5.92. The summed E-state index contributed by atoms with van der Waals surface area (Å²) in [6, 6.07) is 16.0. The molecular weight excluding hydrogens is 234 g/mol. The van der Waals surface area contributed by atoms with Gasteiger partial charge in [0.1, 0.15) is 6.07 Å². The minimum Gasteiger partial charge on any atom is -0.398 e. The summed E-state index contributed by atoms with van der Waals surface area (Å²) in [4.78, 5) is 0. The molecule has 0 bridgehead atoms. The Hall–Kier alpha value is -2.47. The summed E-state index contributed by atoms with van der Waals surface area (Å²) in [6.45, 7) is 2.92. The molecule has 3 heteroatoms. The van der Waals surface area contributed by atoms with E-state index in [0.717, 1.165) is 18.7 Å². The van der Waals surface area contributed by atoms with Crippen molar-refractivity contribution in [2.45, 2.75) is 13.3 Å². The zero-order chi connectivity index (χ0) is 13.7. The highest BCUT2D eigenvalue weighted by Crippen LogP contribution is 2.16. The molecule has 19 heavy (non-hydrogen) atoms. The number of rotatable bonds is 4. The van der Waals surface area contributed by atoms with E-state index in [1.54, 1.807) is 12.1 Å². The lowest BCUT2D eigenvalue weighted by atomic mass is 10.1. The quantitative estimate of drug-likeness (QED) is 0.821. The molecule has 2 rings (SSSR count). The highest BCUT2D eigenvalue weighted by atomic mass is 14.9. The first-order valence-electron chi connectivity index (χ1n) is 6.28. The first-order valence-corrected chi connectivity index (χ1v) is 6.28. The first-order chi connectivity index (χ1) is 9.19. The molecule has 0 saturated carbocycles. The van der Waals surface area contributed by atoms with E-state index in [1.807, 2.05) is 6.07 Å². The molecule has 0 aromatic heterocycles.